The zero-order valence-corrected chi connectivity index (χ0v) is 13.8. The van der Waals surface area contributed by atoms with Gasteiger partial charge in [0.15, 0.2) is 0 Å². The molecule has 0 aliphatic rings. The number of nitrogens with two attached hydrogens (primary N) is 2. The minimum Gasteiger partial charge on any atom is -0.370 e. The third-order valence-electron chi connectivity index (χ3n) is 4.16. The fraction of sp³-hybridized carbons (Fsp3) is 0.300. The Hall–Kier alpha value is -2.62. The van der Waals surface area contributed by atoms with Gasteiger partial charge in [0.1, 0.15) is 0 Å². The molecule has 126 valence electrons. The Labute approximate surface area is 142 Å². The lowest BCUT2D eigenvalue weighted by Gasteiger charge is -2.15. The molecule has 0 fully saturated rings. The summed E-state index contributed by atoms with van der Waals surface area (Å²) in [4.78, 5) is 22.6. The molecule has 2 rings (SSSR count). The lowest BCUT2D eigenvalue weighted by atomic mass is 9.90. The zero-order valence-electron chi connectivity index (χ0n) is 13.8. The van der Waals surface area contributed by atoms with Gasteiger partial charge in [0, 0.05) is 6.42 Å². The molecule has 1 unspecified atom stereocenters. The summed E-state index contributed by atoms with van der Waals surface area (Å²) in [6, 6.07) is 18.0. The Morgan fingerprint density at radius 1 is 0.833 bits per heavy atom. The van der Waals surface area contributed by atoms with Crippen LogP contribution in [0.15, 0.2) is 54.6 Å². The molecule has 24 heavy (non-hydrogen) atoms. The average molecular weight is 324 g/mol. The van der Waals surface area contributed by atoms with Crippen molar-refractivity contribution in [1.82, 2.24) is 0 Å². The van der Waals surface area contributed by atoms with Crippen molar-refractivity contribution in [1.29, 1.82) is 0 Å². The van der Waals surface area contributed by atoms with Crippen LogP contribution in [0.2, 0.25) is 0 Å². The molecule has 1 atom stereocenters. The number of unbranched alkanes of at least 4 members (excludes halogenated alkanes) is 2. The van der Waals surface area contributed by atoms with E-state index < -0.39 is 0 Å². The third kappa shape index (κ3) is 5.23. The van der Waals surface area contributed by atoms with Gasteiger partial charge in [-0.15, -0.1) is 0 Å². The second-order valence-electron chi connectivity index (χ2n) is 6.01. The number of benzene rings is 2. The second-order valence-corrected chi connectivity index (χ2v) is 6.01. The van der Waals surface area contributed by atoms with Crippen LogP contribution in [0.4, 0.5) is 0 Å². The normalized spacial score (nSPS) is 11.8. The van der Waals surface area contributed by atoms with Crippen molar-refractivity contribution in [2.24, 2.45) is 11.5 Å². The quantitative estimate of drug-likeness (QED) is 0.693. The Morgan fingerprint density at radius 2 is 1.54 bits per heavy atom. The summed E-state index contributed by atoms with van der Waals surface area (Å²) in [5.41, 5.74) is 13.9. The van der Waals surface area contributed by atoms with Gasteiger partial charge < -0.3 is 11.5 Å². The Balaban J connectivity index is 2.05. The number of primary amides is 2. The maximum Gasteiger partial charge on any atom is 0.224 e. The summed E-state index contributed by atoms with van der Waals surface area (Å²) < 4.78 is 0. The fourth-order valence-electron chi connectivity index (χ4n) is 2.86. The predicted molar refractivity (Wildman–Crippen MR) is 96.1 cm³/mol. The van der Waals surface area contributed by atoms with E-state index in [1.807, 2.05) is 54.6 Å². The van der Waals surface area contributed by atoms with E-state index in [0.717, 1.165) is 36.0 Å². The smallest absolute Gasteiger partial charge is 0.224 e. The van der Waals surface area contributed by atoms with Crippen LogP contribution in [0.1, 0.15) is 43.6 Å². The van der Waals surface area contributed by atoms with Crippen LogP contribution in [0.25, 0.3) is 11.1 Å². The van der Waals surface area contributed by atoms with Crippen LogP contribution >= 0.6 is 0 Å². The van der Waals surface area contributed by atoms with Crippen LogP contribution in [0.5, 0.6) is 0 Å². The molecule has 0 aliphatic carbocycles. The molecule has 4 heteroatoms. The highest BCUT2D eigenvalue weighted by Gasteiger charge is 2.18. The van der Waals surface area contributed by atoms with Crippen LogP contribution in [-0.4, -0.2) is 11.8 Å². The monoisotopic (exact) mass is 324 g/mol. The minimum atomic E-state index is -0.310. The van der Waals surface area contributed by atoms with E-state index in [9.17, 15) is 9.59 Å². The SMILES string of the molecule is NC(=O)CCCCCC(C(N)=O)c1cccc(-c2ccccc2)c1. The standard InChI is InChI=1S/C20H24N2O2/c21-19(23)13-6-2-5-12-18(20(22)24)17-11-7-10-16(14-17)15-8-3-1-4-9-15/h1,3-4,7-11,14,18H,2,5-6,12-13H2,(H2,21,23)(H2,22,24). The van der Waals surface area contributed by atoms with E-state index in [1.54, 1.807) is 0 Å². The lowest BCUT2D eigenvalue weighted by Crippen LogP contribution is -2.21. The number of hydrogen-bond acceptors (Lipinski definition) is 2. The van der Waals surface area contributed by atoms with E-state index in [2.05, 4.69) is 0 Å². The van der Waals surface area contributed by atoms with Crippen molar-refractivity contribution >= 4 is 11.8 Å². The molecule has 2 amide bonds. The molecule has 0 radical (unpaired) electrons. The van der Waals surface area contributed by atoms with Crippen molar-refractivity contribution in [2.75, 3.05) is 0 Å². The number of hydrogen-bond donors (Lipinski definition) is 2. The summed E-state index contributed by atoms with van der Waals surface area (Å²) >= 11 is 0. The molecule has 0 aliphatic heterocycles. The number of carbonyl (C=O) groups is 2. The van der Waals surface area contributed by atoms with E-state index in [-0.39, 0.29) is 17.7 Å². The summed E-state index contributed by atoms with van der Waals surface area (Å²) in [7, 11) is 0. The Morgan fingerprint density at radius 3 is 2.21 bits per heavy atom. The first-order valence-electron chi connectivity index (χ1n) is 8.31. The van der Waals surface area contributed by atoms with Crippen LogP contribution in [-0.2, 0) is 9.59 Å². The van der Waals surface area contributed by atoms with Gasteiger partial charge in [-0.3, -0.25) is 9.59 Å². The van der Waals surface area contributed by atoms with Crippen molar-refractivity contribution in [3.05, 3.63) is 60.2 Å². The molecule has 2 aromatic carbocycles. The van der Waals surface area contributed by atoms with Gasteiger partial charge in [-0.25, -0.2) is 0 Å². The molecule has 0 heterocycles. The van der Waals surface area contributed by atoms with E-state index >= 15 is 0 Å². The maximum atomic E-state index is 11.9. The number of rotatable bonds is 9. The molecule has 0 saturated carbocycles. The molecular weight excluding hydrogens is 300 g/mol. The van der Waals surface area contributed by atoms with Crippen LogP contribution in [0.3, 0.4) is 0 Å². The van der Waals surface area contributed by atoms with Gasteiger partial charge in [0.05, 0.1) is 5.92 Å². The Bertz CT molecular complexity index is 683. The zero-order chi connectivity index (χ0) is 17.4. The van der Waals surface area contributed by atoms with Gasteiger partial charge >= 0.3 is 0 Å². The van der Waals surface area contributed by atoms with Crippen molar-refractivity contribution in [2.45, 2.75) is 38.0 Å². The van der Waals surface area contributed by atoms with E-state index in [0.29, 0.717) is 12.8 Å². The molecular formula is C20H24N2O2. The highest BCUT2D eigenvalue weighted by molar-refractivity contribution is 5.82. The van der Waals surface area contributed by atoms with Crippen molar-refractivity contribution in [3.8, 4) is 11.1 Å². The van der Waals surface area contributed by atoms with E-state index in [1.165, 1.54) is 0 Å². The fourth-order valence-corrected chi connectivity index (χ4v) is 2.86. The van der Waals surface area contributed by atoms with Gasteiger partial charge in [-0.1, -0.05) is 67.4 Å². The molecule has 0 spiro atoms. The summed E-state index contributed by atoms with van der Waals surface area (Å²) in [5, 5.41) is 0. The molecule has 4 N–H and O–H groups in total. The van der Waals surface area contributed by atoms with Gasteiger partial charge in [0.25, 0.3) is 0 Å². The lowest BCUT2D eigenvalue weighted by molar-refractivity contribution is -0.120. The molecule has 0 aromatic heterocycles. The first kappa shape index (κ1) is 17.7. The summed E-state index contributed by atoms with van der Waals surface area (Å²) in [5.74, 6) is -0.894. The number of carbonyl (C=O) groups excluding carboxylic acids is 2. The second kappa shape index (κ2) is 8.87. The predicted octanol–water partition coefficient (Wildman–Crippen LogP) is 3.36. The van der Waals surface area contributed by atoms with Gasteiger partial charge in [-0.05, 0) is 29.5 Å². The maximum absolute atomic E-state index is 11.9. The summed E-state index contributed by atoms with van der Waals surface area (Å²) in [6.07, 6.45) is 3.55. The van der Waals surface area contributed by atoms with Crippen molar-refractivity contribution < 1.29 is 9.59 Å². The average Bonchev–Trinajstić information content (AvgIpc) is 2.58. The van der Waals surface area contributed by atoms with E-state index in [4.69, 9.17) is 11.5 Å². The first-order chi connectivity index (χ1) is 11.6. The summed E-state index contributed by atoms with van der Waals surface area (Å²) in [6.45, 7) is 0. The number of amides is 2. The minimum absolute atomic E-state index is 0.281. The molecule has 2 aromatic rings. The molecule has 0 bridgehead atoms. The highest BCUT2D eigenvalue weighted by atomic mass is 16.1. The van der Waals surface area contributed by atoms with Crippen molar-refractivity contribution in [3.63, 3.8) is 0 Å². The third-order valence-corrected chi connectivity index (χ3v) is 4.16. The largest absolute Gasteiger partial charge is 0.370 e. The van der Waals surface area contributed by atoms with Gasteiger partial charge in [0.2, 0.25) is 11.8 Å². The molecule has 4 nitrogen and oxygen atoms in total. The Kier molecular flexibility index (Phi) is 6.55. The first-order valence-corrected chi connectivity index (χ1v) is 8.31. The molecule has 0 saturated heterocycles. The van der Waals surface area contributed by atoms with Gasteiger partial charge in [-0.2, -0.15) is 0 Å². The topological polar surface area (TPSA) is 86.2 Å². The highest BCUT2D eigenvalue weighted by Crippen LogP contribution is 2.27. The van der Waals surface area contributed by atoms with Crippen LogP contribution in [0, 0.1) is 0 Å². The van der Waals surface area contributed by atoms with Crippen LogP contribution < -0.4 is 11.5 Å².